The number of nitrogens with zero attached hydrogens (tertiary/aromatic N) is 1. The van der Waals surface area contributed by atoms with Gasteiger partial charge in [-0.2, -0.15) is 0 Å². The van der Waals surface area contributed by atoms with Gasteiger partial charge in [-0.25, -0.2) is 8.78 Å². The maximum atomic E-state index is 13.9. The Morgan fingerprint density at radius 3 is 2.73 bits per heavy atom. The number of benzene rings is 2. The van der Waals surface area contributed by atoms with Gasteiger partial charge < -0.3 is 4.57 Å². The van der Waals surface area contributed by atoms with E-state index in [1.165, 1.54) is 6.07 Å². The van der Waals surface area contributed by atoms with Gasteiger partial charge in [0.2, 0.25) is 0 Å². The summed E-state index contributed by atoms with van der Waals surface area (Å²) in [5.41, 5.74) is 1.84. The fourth-order valence-corrected chi connectivity index (χ4v) is 3.59. The molecular weight excluding hydrogens is 358 g/mol. The van der Waals surface area contributed by atoms with Gasteiger partial charge in [0.05, 0.1) is 11.4 Å². The van der Waals surface area contributed by atoms with E-state index < -0.39 is 22.8 Å². The minimum absolute atomic E-state index is 0.181. The van der Waals surface area contributed by atoms with Crippen LogP contribution in [-0.2, 0) is 11.3 Å². The smallest absolute Gasteiger partial charge is 0.290 e. The van der Waals surface area contributed by atoms with Gasteiger partial charge in [0, 0.05) is 22.7 Å². The number of carbonyl (C=O) groups excluding carboxylic acids is 2. The summed E-state index contributed by atoms with van der Waals surface area (Å²) in [6.07, 6.45) is 3.43. The molecule has 4 rings (SSSR count). The Kier molecular flexibility index (Phi) is 4.08. The van der Waals surface area contributed by atoms with Gasteiger partial charge >= 0.3 is 0 Å². The van der Waals surface area contributed by atoms with Gasteiger partial charge in [-0.05, 0) is 53.7 Å². The fourth-order valence-electron chi connectivity index (χ4n) is 2.92. The molecule has 1 aliphatic heterocycles. The third-order valence-corrected chi connectivity index (χ3v) is 4.94. The van der Waals surface area contributed by atoms with Crippen LogP contribution in [0.2, 0.25) is 0 Å². The van der Waals surface area contributed by atoms with Gasteiger partial charge in [-0.15, -0.1) is 0 Å². The zero-order valence-electron chi connectivity index (χ0n) is 13.3. The maximum absolute atomic E-state index is 13.9. The van der Waals surface area contributed by atoms with Crippen LogP contribution in [0.3, 0.4) is 0 Å². The molecule has 130 valence electrons. The van der Waals surface area contributed by atoms with Crippen LogP contribution >= 0.6 is 11.8 Å². The molecule has 0 spiro atoms. The highest BCUT2D eigenvalue weighted by Gasteiger charge is 2.25. The Bertz CT molecular complexity index is 1090. The first-order chi connectivity index (χ1) is 12.5. The van der Waals surface area contributed by atoms with E-state index in [9.17, 15) is 18.4 Å². The SMILES string of the molecule is O=C1NC(=O)C(=Cc2cccc3c2ccn3Cc2cc(F)ccc2F)S1. The minimum Gasteiger partial charge on any atom is -0.343 e. The summed E-state index contributed by atoms with van der Waals surface area (Å²) in [4.78, 5) is 23.4. The summed E-state index contributed by atoms with van der Waals surface area (Å²) in [6.45, 7) is 0.181. The van der Waals surface area contributed by atoms with Crippen molar-refractivity contribution in [3.63, 3.8) is 0 Å². The molecule has 2 amide bonds. The van der Waals surface area contributed by atoms with Crippen molar-refractivity contribution in [3.8, 4) is 0 Å². The number of hydrogen-bond acceptors (Lipinski definition) is 3. The molecule has 1 aromatic heterocycles. The second-order valence-corrected chi connectivity index (χ2v) is 6.83. The molecule has 4 nitrogen and oxygen atoms in total. The monoisotopic (exact) mass is 370 g/mol. The molecule has 0 radical (unpaired) electrons. The van der Waals surface area contributed by atoms with Crippen LogP contribution in [0.15, 0.2) is 53.6 Å². The first-order valence-electron chi connectivity index (χ1n) is 7.78. The Balaban J connectivity index is 1.74. The third kappa shape index (κ3) is 3.01. The molecule has 1 saturated heterocycles. The van der Waals surface area contributed by atoms with E-state index in [-0.39, 0.29) is 12.1 Å². The van der Waals surface area contributed by atoms with Crippen LogP contribution < -0.4 is 5.32 Å². The first-order valence-corrected chi connectivity index (χ1v) is 8.59. The zero-order chi connectivity index (χ0) is 18.3. The number of halogens is 2. The van der Waals surface area contributed by atoms with Crippen molar-refractivity contribution in [2.45, 2.75) is 6.54 Å². The number of nitrogens with one attached hydrogen (secondary N) is 1. The standard InChI is InChI=1S/C19H12F2N2O2S/c20-13-4-5-15(21)12(8-13)10-23-7-6-14-11(2-1-3-16(14)23)9-17-18(24)22-19(25)26-17/h1-9H,10H2,(H,22,24,25). The summed E-state index contributed by atoms with van der Waals surface area (Å²) in [5.74, 6) is -1.38. The second-order valence-electron chi connectivity index (χ2n) is 5.81. The molecule has 0 unspecified atom stereocenters. The van der Waals surface area contributed by atoms with E-state index in [0.29, 0.717) is 4.91 Å². The lowest BCUT2D eigenvalue weighted by molar-refractivity contribution is -0.115. The van der Waals surface area contributed by atoms with E-state index in [1.807, 2.05) is 28.8 Å². The molecule has 0 bridgehead atoms. The van der Waals surface area contributed by atoms with Gasteiger partial charge in [0.15, 0.2) is 0 Å². The second kappa shape index (κ2) is 6.42. The number of amides is 2. The molecule has 2 aromatic carbocycles. The summed E-state index contributed by atoms with van der Waals surface area (Å²) in [7, 11) is 0. The summed E-state index contributed by atoms with van der Waals surface area (Å²) in [6, 6.07) is 10.7. The van der Waals surface area contributed by atoms with E-state index in [4.69, 9.17) is 0 Å². The van der Waals surface area contributed by atoms with E-state index in [0.717, 1.165) is 40.4 Å². The van der Waals surface area contributed by atoms with Crippen molar-refractivity contribution in [2.24, 2.45) is 0 Å². The average molecular weight is 370 g/mol. The van der Waals surface area contributed by atoms with Crippen molar-refractivity contribution < 1.29 is 18.4 Å². The van der Waals surface area contributed by atoms with Crippen LogP contribution in [0.4, 0.5) is 13.6 Å². The van der Waals surface area contributed by atoms with Crippen LogP contribution in [0, 0.1) is 11.6 Å². The highest BCUT2D eigenvalue weighted by Crippen LogP contribution is 2.29. The predicted molar refractivity (Wildman–Crippen MR) is 96.5 cm³/mol. The Labute approximate surface area is 151 Å². The van der Waals surface area contributed by atoms with Crippen molar-refractivity contribution in [3.05, 3.63) is 76.3 Å². The minimum atomic E-state index is -0.489. The van der Waals surface area contributed by atoms with Gasteiger partial charge in [-0.1, -0.05) is 12.1 Å². The van der Waals surface area contributed by atoms with Crippen LogP contribution in [0.1, 0.15) is 11.1 Å². The Morgan fingerprint density at radius 1 is 1.12 bits per heavy atom. The van der Waals surface area contributed by atoms with Crippen molar-refractivity contribution in [2.75, 3.05) is 0 Å². The molecule has 1 N–H and O–H groups in total. The lowest BCUT2D eigenvalue weighted by Crippen LogP contribution is -2.17. The summed E-state index contributed by atoms with van der Waals surface area (Å²) in [5, 5.41) is 2.67. The lowest BCUT2D eigenvalue weighted by Gasteiger charge is -2.08. The number of rotatable bonds is 3. The van der Waals surface area contributed by atoms with Crippen molar-refractivity contribution in [1.29, 1.82) is 0 Å². The highest BCUT2D eigenvalue weighted by molar-refractivity contribution is 8.18. The maximum Gasteiger partial charge on any atom is 0.290 e. The zero-order valence-corrected chi connectivity index (χ0v) is 14.1. The van der Waals surface area contributed by atoms with Crippen LogP contribution in [0.5, 0.6) is 0 Å². The number of hydrogen-bond donors (Lipinski definition) is 1. The molecule has 3 aromatic rings. The molecule has 2 heterocycles. The van der Waals surface area contributed by atoms with E-state index in [1.54, 1.807) is 12.3 Å². The number of fused-ring (bicyclic) bond motifs is 1. The largest absolute Gasteiger partial charge is 0.343 e. The molecule has 0 aliphatic carbocycles. The van der Waals surface area contributed by atoms with Crippen LogP contribution in [-0.4, -0.2) is 15.7 Å². The molecule has 26 heavy (non-hydrogen) atoms. The third-order valence-electron chi connectivity index (χ3n) is 4.12. The predicted octanol–water partition coefficient (Wildman–Crippen LogP) is 4.29. The van der Waals surface area contributed by atoms with Crippen molar-refractivity contribution in [1.82, 2.24) is 9.88 Å². The Hall–Kier alpha value is -2.93. The molecule has 7 heteroatoms. The molecule has 1 fully saturated rings. The quantitative estimate of drug-likeness (QED) is 0.700. The molecule has 0 atom stereocenters. The van der Waals surface area contributed by atoms with Gasteiger partial charge in [0.1, 0.15) is 11.6 Å². The number of imide groups is 1. The van der Waals surface area contributed by atoms with Gasteiger partial charge in [-0.3, -0.25) is 14.9 Å². The number of carbonyl (C=O) groups is 2. The number of aromatic nitrogens is 1. The number of thioether (sulfide) groups is 1. The Morgan fingerprint density at radius 2 is 1.96 bits per heavy atom. The van der Waals surface area contributed by atoms with Crippen LogP contribution in [0.25, 0.3) is 17.0 Å². The molecular formula is C19H12F2N2O2S. The summed E-state index contributed by atoms with van der Waals surface area (Å²) < 4.78 is 29.1. The fraction of sp³-hybridized carbons (Fsp3) is 0.0526. The van der Waals surface area contributed by atoms with Crippen molar-refractivity contribution >= 4 is 39.9 Å². The lowest BCUT2D eigenvalue weighted by atomic mass is 10.1. The first kappa shape index (κ1) is 16.5. The highest BCUT2D eigenvalue weighted by atomic mass is 32.2. The van der Waals surface area contributed by atoms with Gasteiger partial charge in [0.25, 0.3) is 11.1 Å². The molecule has 1 aliphatic rings. The topological polar surface area (TPSA) is 51.1 Å². The summed E-state index contributed by atoms with van der Waals surface area (Å²) >= 11 is 0.854. The normalized spacial score (nSPS) is 15.8. The average Bonchev–Trinajstić information content (AvgIpc) is 3.15. The van der Waals surface area contributed by atoms with E-state index in [2.05, 4.69) is 5.32 Å². The molecule has 0 saturated carbocycles. The van der Waals surface area contributed by atoms with E-state index >= 15 is 0 Å².